The van der Waals surface area contributed by atoms with Crippen LogP contribution in [0.15, 0.2) is 37.1 Å². The van der Waals surface area contributed by atoms with Crippen molar-refractivity contribution in [2.75, 3.05) is 18.4 Å². The van der Waals surface area contributed by atoms with Gasteiger partial charge in [0.05, 0.1) is 0 Å². The van der Waals surface area contributed by atoms with Crippen LogP contribution in [0.3, 0.4) is 0 Å². The summed E-state index contributed by atoms with van der Waals surface area (Å²) in [5, 5.41) is 7.13. The van der Waals surface area contributed by atoms with Crippen molar-refractivity contribution in [3.8, 4) is 0 Å². The van der Waals surface area contributed by atoms with Gasteiger partial charge in [-0.3, -0.25) is 0 Å². The molecular weight excluding hydrogens is 605 g/mol. The molecular formula is C28H33N5O3SSn. The molecule has 2 atom stereocenters. The van der Waals surface area contributed by atoms with Gasteiger partial charge in [-0.05, 0) is 0 Å². The zero-order valence-corrected chi connectivity index (χ0v) is 25.9. The monoisotopic (exact) mass is 639 g/mol. The van der Waals surface area contributed by atoms with Crippen molar-refractivity contribution in [3.05, 3.63) is 53.3 Å². The quantitative estimate of drug-likeness (QED) is 0.318. The summed E-state index contributed by atoms with van der Waals surface area (Å²) in [6.07, 6.45) is 5.55. The van der Waals surface area contributed by atoms with E-state index >= 15 is 0 Å². The molecule has 2 aliphatic heterocycles. The van der Waals surface area contributed by atoms with E-state index in [9.17, 15) is 14.4 Å². The number of nitrogens with one attached hydrogen (secondary N) is 2. The van der Waals surface area contributed by atoms with E-state index in [1.165, 1.54) is 17.4 Å². The van der Waals surface area contributed by atoms with Crippen LogP contribution in [0.4, 0.5) is 10.5 Å². The van der Waals surface area contributed by atoms with E-state index in [1.807, 2.05) is 13.0 Å². The Hall–Kier alpha value is -2.79. The first kappa shape index (κ1) is 26.8. The third-order valence-corrected chi connectivity index (χ3v) is 20.5. The van der Waals surface area contributed by atoms with Gasteiger partial charge in [0.1, 0.15) is 0 Å². The fourth-order valence-electron chi connectivity index (χ4n) is 5.70. The summed E-state index contributed by atoms with van der Waals surface area (Å²) in [4.78, 5) is 53.9. The standard InChI is InChI=1S/C17H16N4O3S.C10H14N.CH3.Sn/c1-2-13(23)21-8-4-5-11(9-21)20-16(24)15-14(19-10-22)12-6-3-7-18-17(12)25-15;1-8(2)7-10-6-4-5-9(3)11-10;;/h2-3,7,11H,1,4-5,8-9H2,(H,19,22)(H,20,24);4,6,8H,7H2,1-3H3;1H3;/t11-;;;/m1.../s1. The molecule has 3 aromatic rings. The van der Waals surface area contributed by atoms with Crippen molar-refractivity contribution in [1.82, 2.24) is 20.2 Å². The first-order valence-electron chi connectivity index (χ1n) is 13.1. The Morgan fingerprint density at radius 1 is 1.32 bits per heavy atom. The Labute approximate surface area is 230 Å². The van der Waals surface area contributed by atoms with Crippen LogP contribution in [-0.4, -0.2) is 68.1 Å². The second-order valence-corrected chi connectivity index (χ2v) is 22.6. The van der Waals surface area contributed by atoms with Gasteiger partial charge in [-0.25, -0.2) is 0 Å². The van der Waals surface area contributed by atoms with E-state index in [0.29, 0.717) is 29.6 Å². The zero-order chi connectivity index (χ0) is 27.2. The van der Waals surface area contributed by atoms with Crippen LogP contribution in [0.2, 0.25) is 4.94 Å². The number of rotatable bonds is 6. The molecule has 0 bridgehead atoms. The summed E-state index contributed by atoms with van der Waals surface area (Å²) in [6, 6.07) is 5.97. The van der Waals surface area contributed by atoms with Gasteiger partial charge in [0.25, 0.3) is 0 Å². The predicted molar refractivity (Wildman–Crippen MR) is 154 cm³/mol. The van der Waals surface area contributed by atoms with Gasteiger partial charge in [-0.1, -0.05) is 0 Å². The fourth-order valence-corrected chi connectivity index (χ4v) is 17.0. The topological polar surface area (TPSA) is 104 Å². The molecule has 0 radical (unpaired) electrons. The fraction of sp³-hybridized carbons (Fsp3) is 0.393. The van der Waals surface area contributed by atoms with Crippen molar-refractivity contribution in [1.29, 1.82) is 0 Å². The number of aryl methyl sites for hydroxylation is 1. The Kier molecular flexibility index (Phi) is 7.34. The molecule has 8 nitrogen and oxygen atoms in total. The third kappa shape index (κ3) is 4.64. The number of thiophene rings is 1. The summed E-state index contributed by atoms with van der Waals surface area (Å²) in [7, 11) is 0. The summed E-state index contributed by atoms with van der Waals surface area (Å²) in [6.45, 7) is 11.0. The van der Waals surface area contributed by atoms with Gasteiger partial charge in [-0.15, -0.1) is 0 Å². The van der Waals surface area contributed by atoms with Crippen LogP contribution >= 0.6 is 11.3 Å². The van der Waals surface area contributed by atoms with Crippen LogP contribution in [0.1, 0.15) is 47.7 Å². The minimum atomic E-state index is -3.88. The second-order valence-electron chi connectivity index (χ2n) is 10.8. The van der Waals surface area contributed by atoms with E-state index in [1.54, 1.807) is 11.1 Å². The minimum absolute atomic E-state index is 0.00804. The van der Waals surface area contributed by atoms with Gasteiger partial charge < -0.3 is 0 Å². The maximum atomic E-state index is 13.9. The molecule has 1 saturated heterocycles. The molecule has 3 aromatic heterocycles. The van der Waals surface area contributed by atoms with E-state index in [2.05, 4.69) is 53.1 Å². The van der Waals surface area contributed by atoms with Crippen LogP contribution in [0.25, 0.3) is 10.2 Å². The number of hydrogen-bond donors (Lipinski definition) is 2. The van der Waals surface area contributed by atoms with Crippen LogP contribution in [-0.2, 0) is 11.2 Å². The Morgan fingerprint density at radius 2 is 2.11 bits per heavy atom. The van der Waals surface area contributed by atoms with Crippen molar-refractivity contribution in [3.63, 3.8) is 0 Å². The van der Waals surface area contributed by atoms with Gasteiger partial charge in [0, 0.05) is 0 Å². The van der Waals surface area contributed by atoms with Crippen molar-refractivity contribution in [2.24, 2.45) is 5.92 Å². The SMILES string of the molecule is C=CC(=O)N1CCC[C@@H](NC(=O)c2sc3ncc[c]4c3c2N[C](=O)[Sn]4([CH3])[c]2ccc(CC(C)C)nc2C)C1. The van der Waals surface area contributed by atoms with Gasteiger partial charge in [0.15, 0.2) is 0 Å². The summed E-state index contributed by atoms with van der Waals surface area (Å²) in [5.41, 5.74) is 2.51. The molecule has 5 heterocycles. The maximum absolute atomic E-state index is 13.9. The van der Waals surface area contributed by atoms with Crippen LogP contribution < -0.4 is 17.8 Å². The normalized spacial score (nSPS) is 20.9. The van der Waals surface area contributed by atoms with Gasteiger partial charge in [0.2, 0.25) is 0 Å². The Balaban J connectivity index is 1.51. The number of amides is 3. The number of pyridine rings is 2. The molecule has 38 heavy (non-hydrogen) atoms. The number of carbonyl (C=O) groups is 3. The number of hydrogen-bond acceptors (Lipinski definition) is 6. The van der Waals surface area contributed by atoms with Crippen LogP contribution in [0.5, 0.6) is 0 Å². The van der Waals surface area contributed by atoms with Gasteiger partial charge >= 0.3 is 232 Å². The summed E-state index contributed by atoms with van der Waals surface area (Å²) in [5.74, 6) is 0.124. The first-order valence-corrected chi connectivity index (χ1v) is 21.0. The van der Waals surface area contributed by atoms with E-state index in [-0.39, 0.29) is 21.8 Å². The number of likely N-dealkylation sites (tertiary alicyclic amines) is 1. The number of carbonyl (C=O) groups excluding carboxylic acids is 3. The molecule has 10 heteroatoms. The van der Waals surface area contributed by atoms with E-state index in [0.717, 1.165) is 48.0 Å². The molecule has 5 rings (SSSR count). The summed E-state index contributed by atoms with van der Waals surface area (Å²) < 4.78 is 2.09. The molecule has 2 aliphatic rings. The number of anilines is 1. The molecule has 1 fully saturated rings. The molecule has 198 valence electrons. The Bertz CT molecular complexity index is 1470. The predicted octanol–water partition coefficient (Wildman–Crippen LogP) is 3.43. The number of aromatic nitrogens is 2. The second kappa shape index (κ2) is 10.4. The third-order valence-electron chi connectivity index (χ3n) is 7.57. The van der Waals surface area contributed by atoms with E-state index < -0.39 is 18.4 Å². The molecule has 0 spiro atoms. The first-order chi connectivity index (χ1) is 18.1. The van der Waals surface area contributed by atoms with Crippen LogP contribution in [0, 0.1) is 12.8 Å². The van der Waals surface area contributed by atoms with Gasteiger partial charge in [-0.2, -0.15) is 0 Å². The van der Waals surface area contributed by atoms with Crippen molar-refractivity contribution < 1.29 is 14.4 Å². The zero-order valence-electron chi connectivity index (χ0n) is 22.3. The Morgan fingerprint density at radius 3 is 2.82 bits per heavy atom. The average Bonchev–Trinajstić information content (AvgIpc) is 3.25. The molecule has 3 amide bonds. The van der Waals surface area contributed by atoms with E-state index in [4.69, 9.17) is 4.98 Å². The van der Waals surface area contributed by atoms with Crippen molar-refractivity contribution >= 4 is 68.5 Å². The molecule has 0 aliphatic carbocycles. The molecule has 2 N–H and O–H groups in total. The van der Waals surface area contributed by atoms with Crippen molar-refractivity contribution in [2.45, 2.75) is 51.0 Å². The summed E-state index contributed by atoms with van der Waals surface area (Å²) >= 11 is -2.57. The molecule has 0 saturated carbocycles. The molecule has 1 unspecified atom stereocenters. The average molecular weight is 638 g/mol. The number of nitrogens with zero attached hydrogens (tertiary/aromatic N) is 3. The number of piperidine rings is 1. The molecule has 0 aromatic carbocycles.